The Morgan fingerprint density at radius 3 is 2.50 bits per heavy atom. The van der Waals surface area contributed by atoms with Gasteiger partial charge in [0.25, 0.3) is 0 Å². The predicted octanol–water partition coefficient (Wildman–Crippen LogP) is 3.12. The summed E-state index contributed by atoms with van der Waals surface area (Å²) in [6.07, 6.45) is 0.200. The first kappa shape index (κ1) is 11.9. The molecule has 18 heavy (non-hydrogen) atoms. The second kappa shape index (κ2) is 5.15. The molecule has 0 amide bonds. The molecule has 0 aromatic heterocycles. The third-order valence-electron chi connectivity index (χ3n) is 2.71. The zero-order valence-electron chi connectivity index (χ0n) is 9.63. The van der Waals surface area contributed by atoms with Crippen LogP contribution in [-0.4, -0.2) is 11.1 Å². The molecule has 2 rings (SSSR count). The van der Waals surface area contributed by atoms with E-state index in [2.05, 4.69) is 6.07 Å². The van der Waals surface area contributed by atoms with Crippen molar-refractivity contribution in [1.82, 2.24) is 0 Å². The highest BCUT2D eigenvalue weighted by Crippen LogP contribution is 2.25. The minimum absolute atomic E-state index is 0.200. The van der Waals surface area contributed by atoms with Gasteiger partial charge >= 0.3 is 5.97 Å². The minimum atomic E-state index is -0.978. The monoisotopic (exact) mass is 237 g/mol. The average Bonchev–Trinajstić information content (AvgIpc) is 2.40. The lowest BCUT2D eigenvalue weighted by atomic mass is 9.96. The number of carboxylic acid groups (broad SMARTS) is 1. The molecule has 88 valence electrons. The van der Waals surface area contributed by atoms with E-state index < -0.39 is 5.97 Å². The lowest BCUT2D eigenvalue weighted by molar-refractivity contribution is 0.0697. The van der Waals surface area contributed by atoms with Crippen LogP contribution in [-0.2, 0) is 6.42 Å². The standard InChI is InChI=1S/C15H11NO2/c16-9-8-12-10-13(15(17)18)6-7-14(12)11-4-2-1-3-5-11/h1-7,10H,8H2,(H,17,18). The Bertz CT molecular complexity index is 612. The zero-order chi connectivity index (χ0) is 13.0. The number of nitriles is 1. The quantitative estimate of drug-likeness (QED) is 0.892. The number of rotatable bonds is 3. The first-order chi connectivity index (χ1) is 8.72. The van der Waals surface area contributed by atoms with Gasteiger partial charge < -0.3 is 5.11 Å². The summed E-state index contributed by atoms with van der Waals surface area (Å²) in [5.74, 6) is -0.978. The third-order valence-corrected chi connectivity index (χ3v) is 2.71. The average molecular weight is 237 g/mol. The normalized spacial score (nSPS) is 9.72. The summed E-state index contributed by atoms with van der Waals surface area (Å²) in [6, 6.07) is 16.6. The predicted molar refractivity (Wildman–Crippen MR) is 68.2 cm³/mol. The molecule has 0 bridgehead atoms. The number of aromatic carboxylic acids is 1. The number of benzene rings is 2. The lowest BCUT2D eigenvalue weighted by Gasteiger charge is -2.08. The number of hydrogen-bond acceptors (Lipinski definition) is 2. The minimum Gasteiger partial charge on any atom is -0.478 e. The molecule has 0 atom stereocenters. The van der Waals surface area contributed by atoms with Crippen LogP contribution in [0.1, 0.15) is 15.9 Å². The molecule has 1 N–H and O–H groups in total. The molecular formula is C15H11NO2. The summed E-state index contributed by atoms with van der Waals surface area (Å²) in [4.78, 5) is 10.9. The molecule has 0 saturated carbocycles. The van der Waals surface area contributed by atoms with Gasteiger partial charge in [-0.05, 0) is 28.8 Å². The molecule has 0 fully saturated rings. The molecule has 3 heteroatoms. The number of hydrogen-bond donors (Lipinski definition) is 1. The van der Waals surface area contributed by atoms with E-state index in [1.165, 1.54) is 0 Å². The van der Waals surface area contributed by atoms with Crippen molar-refractivity contribution in [3.05, 3.63) is 59.7 Å². The van der Waals surface area contributed by atoms with Crippen molar-refractivity contribution in [2.45, 2.75) is 6.42 Å². The van der Waals surface area contributed by atoms with Gasteiger partial charge in [-0.2, -0.15) is 5.26 Å². The van der Waals surface area contributed by atoms with Crippen LogP contribution in [0, 0.1) is 11.3 Å². The van der Waals surface area contributed by atoms with E-state index in [1.54, 1.807) is 18.2 Å². The maximum atomic E-state index is 10.9. The Balaban J connectivity index is 2.54. The van der Waals surface area contributed by atoms with Crippen molar-refractivity contribution < 1.29 is 9.90 Å². The molecule has 0 aliphatic rings. The fourth-order valence-electron chi connectivity index (χ4n) is 1.86. The van der Waals surface area contributed by atoms with E-state index in [0.29, 0.717) is 0 Å². The molecule has 0 aliphatic heterocycles. The summed E-state index contributed by atoms with van der Waals surface area (Å²) >= 11 is 0. The smallest absolute Gasteiger partial charge is 0.335 e. The molecule has 0 radical (unpaired) electrons. The van der Waals surface area contributed by atoms with Crippen LogP contribution in [0.15, 0.2) is 48.5 Å². The van der Waals surface area contributed by atoms with E-state index in [1.807, 2.05) is 30.3 Å². The Labute approximate surface area is 105 Å². The highest BCUT2D eigenvalue weighted by atomic mass is 16.4. The van der Waals surface area contributed by atoms with Gasteiger partial charge in [0.1, 0.15) is 0 Å². The molecule has 0 spiro atoms. The lowest BCUT2D eigenvalue weighted by Crippen LogP contribution is -1.99. The van der Waals surface area contributed by atoms with Crippen molar-refractivity contribution >= 4 is 5.97 Å². The zero-order valence-corrected chi connectivity index (χ0v) is 9.63. The van der Waals surface area contributed by atoms with Gasteiger partial charge in [0.15, 0.2) is 0 Å². The van der Waals surface area contributed by atoms with Crippen molar-refractivity contribution in [2.24, 2.45) is 0 Å². The topological polar surface area (TPSA) is 61.1 Å². The number of carbonyl (C=O) groups is 1. The van der Waals surface area contributed by atoms with Crippen molar-refractivity contribution in [3.63, 3.8) is 0 Å². The first-order valence-electron chi connectivity index (χ1n) is 5.51. The van der Waals surface area contributed by atoms with E-state index in [9.17, 15) is 4.79 Å². The first-order valence-corrected chi connectivity index (χ1v) is 5.51. The van der Waals surface area contributed by atoms with Crippen LogP contribution in [0.3, 0.4) is 0 Å². The molecular weight excluding hydrogens is 226 g/mol. The SMILES string of the molecule is N#CCc1cc(C(=O)O)ccc1-c1ccccc1. The van der Waals surface area contributed by atoms with Crippen molar-refractivity contribution in [1.29, 1.82) is 5.26 Å². The summed E-state index contributed by atoms with van der Waals surface area (Å²) in [5, 5.41) is 17.8. The molecule has 2 aromatic rings. The second-order valence-electron chi connectivity index (χ2n) is 3.88. The van der Waals surface area contributed by atoms with Crippen LogP contribution in [0.5, 0.6) is 0 Å². The van der Waals surface area contributed by atoms with Crippen LogP contribution in [0.4, 0.5) is 0 Å². The van der Waals surface area contributed by atoms with E-state index in [4.69, 9.17) is 10.4 Å². The Morgan fingerprint density at radius 1 is 1.17 bits per heavy atom. The van der Waals surface area contributed by atoms with Gasteiger partial charge in [-0.3, -0.25) is 0 Å². The van der Waals surface area contributed by atoms with E-state index in [-0.39, 0.29) is 12.0 Å². The third kappa shape index (κ3) is 2.38. The second-order valence-corrected chi connectivity index (χ2v) is 3.88. The van der Waals surface area contributed by atoms with Gasteiger partial charge in [0.05, 0.1) is 18.1 Å². The van der Waals surface area contributed by atoms with Gasteiger partial charge in [0, 0.05) is 0 Å². The highest BCUT2D eigenvalue weighted by molar-refractivity contribution is 5.89. The van der Waals surface area contributed by atoms with Crippen LogP contribution in [0.2, 0.25) is 0 Å². The molecule has 3 nitrogen and oxygen atoms in total. The molecule has 0 saturated heterocycles. The van der Waals surface area contributed by atoms with Gasteiger partial charge in [0.2, 0.25) is 0 Å². The van der Waals surface area contributed by atoms with Crippen LogP contribution < -0.4 is 0 Å². The Morgan fingerprint density at radius 2 is 1.89 bits per heavy atom. The summed E-state index contributed by atoms with van der Waals surface area (Å²) in [6.45, 7) is 0. The molecule has 0 unspecified atom stereocenters. The fourth-order valence-corrected chi connectivity index (χ4v) is 1.86. The molecule has 0 aliphatic carbocycles. The summed E-state index contributed by atoms with van der Waals surface area (Å²) in [7, 11) is 0. The summed E-state index contributed by atoms with van der Waals surface area (Å²) in [5.41, 5.74) is 2.84. The Kier molecular flexibility index (Phi) is 3.40. The Hall–Kier alpha value is -2.60. The maximum absolute atomic E-state index is 10.9. The van der Waals surface area contributed by atoms with Crippen molar-refractivity contribution in [3.8, 4) is 17.2 Å². The van der Waals surface area contributed by atoms with Gasteiger partial charge in [-0.1, -0.05) is 36.4 Å². The van der Waals surface area contributed by atoms with Crippen LogP contribution in [0.25, 0.3) is 11.1 Å². The maximum Gasteiger partial charge on any atom is 0.335 e. The van der Waals surface area contributed by atoms with Gasteiger partial charge in [-0.15, -0.1) is 0 Å². The van der Waals surface area contributed by atoms with Gasteiger partial charge in [-0.25, -0.2) is 4.79 Å². The summed E-state index contributed by atoms with van der Waals surface area (Å²) < 4.78 is 0. The van der Waals surface area contributed by atoms with Crippen LogP contribution >= 0.6 is 0 Å². The van der Waals surface area contributed by atoms with E-state index in [0.717, 1.165) is 16.7 Å². The number of nitrogens with zero attached hydrogens (tertiary/aromatic N) is 1. The highest BCUT2D eigenvalue weighted by Gasteiger charge is 2.09. The van der Waals surface area contributed by atoms with E-state index >= 15 is 0 Å². The fraction of sp³-hybridized carbons (Fsp3) is 0.0667. The molecule has 0 heterocycles. The number of carboxylic acids is 1. The largest absolute Gasteiger partial charge is 0.478 e. The van der Waals surface area contributed by atoms with Crippen molar-refractivity contribution in [2.75, 3.05) is 0 Å². The molecule has 2 aromatic carbocycles.